The van der Waals surface area contributed by atoms with Gasteiger partial charge in [0.25, 0.3) is 0 Å². The van der Waals surface area contributed by atoms with Crippen LogP contribution in [0.5, 0.6) is 0 Å². The molecule has 2 aliphatic rings. The molecule has 0 aromatic heterocycles. The summed E-state index contributed by atoms with van der Waals surface area (Å²) in [7, 11) is 0. The molecule has 1 fully saturated rings. The number of amidine groups is 1. The molecule has 0 spiro atoms. The highest BCUT2D eigenvalue weighted by molar-refractivity contribution is 8.15. The van der Waals surface area contributed by atoms with Gasteiger partial charge < -0.3 is 15.0 Å². The van der Waals surface area contributed by atoms with Gasteiger partial charge in [-0.1, -0.05) is 25.6 Å². The molecule has 21 heavy (non-hydrogen) atoms. The second-order valence-corrected chi connectivity index (χ2v) is 7.05. The second-order valence-electron chi connectivity index (χ2n) is 5.82. The van der Waals surface area contributed by atoms with E-state index in [2.05, 4.69) is 53.3 Å². The van der Waals surface area contributed by atoms with Gasteiger partial charge in [0.05, 0.1) is 19.8 Å². The molecule has 3 rings (SSSR count). The standard InChI is InChI=1S/C16H23N3OS/c1-12(2)15-11-17-16(21-15)18-13-3-5-14(6-4-13)19-7-9-20-10-8-19/h3-6,12,15H,7-11H2,1-2H3,(H,17,18). The minimum Gasteiger partial charge on any atom is -0.378 e. The van der Waals surface area contributed by atoms with Crippen molar-refractivity contribution in [3.8, 4) is 0 Å². The van der Waals surface area contributed by atoms with Crippen LogP contribution in [0.3, 0.4) is 0 Å². The van der Waals surface area contributed by atoms with Gasteiger partial charge in [0.15, 0.2) is 5.17 Å². The van der Waals surface area contributed by atoms with Gasteiger partial charge >= 0.3 is 0 Å². The maximum Gasteiger partial charge on any atom is 0.161 e. The quantitative estimate of drug-likeness (QED) is 0.931. The molecule has 1 N–H and O–H groups in total. The molecule has 4 nitrogen and oxygen atoms in total. The molecule has 1 saturated heterocycles. The Morgan fingerprint density at radius 1 is 1.24 bits per heavy atom. The van der Waals surface area contributed by atoms with E-state index in [1.54, 1.807) is 0 Å². The third kappa shape index (κ3) is 3.71. The number of rotatable bonds is 3. The number of benzene rings is 1. The molecule has 1 aromatic rings. The van der Waals surface area contributed by atoms with E-state index < -0.39 is 0 Å². The number of morpholine rings is 1. The molecule has 0 aliphatic carbocycles. The fraction of sp³-hybridized carbons (Fsp3) is 0.562. The minimum atomic E-state index is 0.611. The molecule has 114 valence electrons. The molecule has 0 radical (unpaired) electrons. The number of ether oxygens (including phenoxy) is 1. The van der Waals surface area contributed by atoms with Crippen LogP contribution in [0.2, 0.25) is 0 Å². The van der Waals surface area contributed by atoms with Crippen LogP contribution in [0.25, 0.3) is 0 Å². The average molecular weight is 305 g/mol. The van der Waals surface area contributed by atoms with E-state index in [1.807, 2.05) is 11.8 Å². The Hall–Kier alpha value is -1.20. The predicted octanol–water partition coefficient (Wildman–Crippen LogP) is 3.06. The Bertz CT molecular complexity index is 495. The fourth-order valence-corrected chi connectivity index (χ4v) is 3.54. The van der Waals surface area contributed by atoms with Crippen LogP contribution < -0.4 is 10.2 Å². The van der Waals surface area contributed by atoms with E-state index in [9.17, 15) is 0 Å². The highest BCUT2D eigenvalue weighted by Crippen LogP contribution is 2.28. The first kappa shape index (κ1) is 14.7. The summed E-state index contributed by atoms with van der Waals surface area (Å²) in [5.41, 5.74) is 2.38. The number of hydrogen-bond acceptors (Lipinski definition) is 5. The molecular weight excluding hydrogens is 282 g/mol. The molecule has 1 unspecified atom stereocenters. The van der Waals surface area contributed by atoms with Crippen molar-refractivity contribution < 1.29 is 4.74 Å². The third-order valence-electron chi connectivity index (χ3n) is 3.92. The number of hydrogen-bond donors (Lipinski definition) is 1. The van der Waals surface area contributed by atoms with Gasteiger partial charge in [-0.25, -0.2) is 0 Å². The Balaban J connectivity index is 1.57. The van der Waals surface area contributed by atoms with E-state index in [4.69, 9.17) is 4.74 Å². The van der Waals surface area contributed by atoms with Gasteiger partial charge in [-0.3, -0.25) is 4.99 Å². The van der Waals surface area contributed by atoms with Crippen LogP contribution in [0.15, 0.2) is 29.3 Å². The second kappa shape index (κ2) is 6.71. The maximum atomic E-state index is 5.39. The van der Waals surface area contributed by atoms with Crippen molar-refractivity contribution in [2.45, 2.75) is 19.1 Å². The van der Waals surface area contributed by atoms with E-state index >= 15 is 0 Å². The Morgan fingerprint density at radius 3 is 2.57 bits per heavy atom. The summed E-state index contributed by atoms with van der Waals surface area (Å²) >= 11 is 1.86. The summed E-state index contributed by atoms with van der Waals surface area (Å²) in [5.74, 6) is 0.668. The van der Waals surface area contributed by atoms with Gasteiger partial charge in [0, 0.05) is 29.7 Å². The Morgan fingerprint density at radius 2 is 1.95 bits per heavy atom. The Kier molecular flexibility index (Phi) is 4.70. The lowest BCUT2D eigenvalue weighted by Crippen LogP contribution is -2.36. The van der Waals surface area contributed by atoms with Crippen molar-refractivity contribution in [2.24, 2.45) is 10.9 Å². The number of nitrogens with one attached hydrogen (secondary N) is 1. The average Bonchev–Trinajstić information content (AvgIpc) is 2.98. The van der Waals surface area contributed by atoms with Crippen molar-refractivity contribution in [3.05, 3.63) is 24.3 Å². The fourth-order valence-electron chi connectivity index (χ4n) is 2.51. The number of thioether (sulfide) groups is 1. The number of anilines is 2. The summed E-state index contributed by atoms with van der Waals surface area (Å²) in [6, 6.07) is 8.62. The summed E-state index contributed by atoms with van der Waals surface area (Å²) in [6.45, 7) is 9.04. The number of aliphatic imine (C=N–C) groups is 1. The van der Waals surface area contributed by atoms with E-state index in [1.165, 1.54) is 5.69 Å². The highest BCUT2D eigenvalue weighted by Gasteiger charge is 2.22. The zero-order chi connectivity index (χ0) is 14.7. The molecule has 0 saturated carbocycles. The lowest BCUT2D eigenvalue weighted by molar-refractivity contribution is 0.122. The van der Waals surface area contributed by atoms with Crippen LogP contribution in [0.1, 0.15) is 13.8 Å². The van der Waals surface area contributed by atoms with Gasteiger partial charge in [0.1, 0.15) is 0 Å². The van der Waals surface area contributed by atoms with Crippen LogP contribution in [-0.4, -0.2) is 43.3 Å². The molecule has 2 aliphatic heterocycles. The smallest absolute Gasteiger partial charge is 0.161 e. The normalized spacial score (nSPS) is 22.5. The zero-order valence-electron chi connectivity index (χ0n) is 12.7. The van der Waals surface area contributed by atoms with Gasteiger partial charge in [-0.2, -0.15) is 0 Å². The van der Waals surface area contributed by atoms with Crippen LogP contribution in [-0.2, 0) is 4.74 Å². The summed E-state index contributed by atoms with van der Waals surface area (Å²) in [6.07, 6.45) is 0. The highest BCUT2D eigenvalue weighted by atomic mass is 32.2. The monoisotopic (exact) mass is 305 g/mol. The summed E-state index contributed by atoms with van der Waals surface area (Å²) in [4.78, 5) is 6.95. The maximum absolute atomic E-state index is 5.39. The van der Waals surface area contributed by atoms with Crippen molar-refractivity contribution in [1.29, 1.82) is 0 Å². The topological polar surface area (TPSA) is 36.9 Å². The molecular formula is C16H23N3OS. The lowest BCUT2D eigenvalue weighted by Gasteiger charge is -2.28. The van der Waals surface area contributed by atoms with Crippen LogP contribution >= 0.6 is 11.8 Å². The first-order chi connectivity index (χ1) is 10.2. The zero-order valence-corrected chi connectivity index (χ0v) is 13.5. The predicted molar refractivity (Wildman–Crippen MR) is 91.6 cm³/mol. The van der Waals surface area contributed by atoms with Crippen molar-refractivity contribution in [1.82, 2.24) is 0 Å². The first-order valence-electron chi connectivity index (χ1n) is 7.63. The van der Waals surface area contributed by atoms with Crippen molar-refractivity contribution >= 4 is 28.3 Å². The van der Waals surface area contributed by atoms with Gasteiger partial charge in [0.2, 0.25) is 0 Å². The largest absolute Gasteiger partial charge is 0.378 e. The summed E-state index contributed by atoms with van der Waals surface area (Å²) < 4.78 is 5.39. The first-order valence-corrected chi connectivity index (χ1v) is 8.51. The van der Waals surface area contributed by atoms with Crippen molar-refractivity contribution in [2.75, 3.05) is 43.1 Å². The van der Waals surface area contributed by atoms with E-state index in [0.29, 0.717) is 11.2 Å². The van der Waals surface area contributed by atoms with E-state index in [0.717, 1.165) is 43.7 Å². The van der Waals surface area contributed by atoms with Gasteiger partial charge in [-0.15, -0.1) is 0 Å². The molecule has 2 heterocycles. The van der Waals surface area contributed by atoms with Crippen LogP contribution in [0, 0.1) is 5.92 Å². The molecule has 0 bridgehead atoms. The third-order valence-corrected chi connectivity index (χ3v) is 5.37. The minimum absolute atomic E-state index is 0.611. The van der Waals surface area contributed by atoms with Crippen LogP contribution in [0.4, 0.5) is 11.4 Å². The Labute approximate surface area is 131 Å². The van der Waals surface area contributed by atoms with Crippen molar-refractivity contribution in [3.63, 3.8) is 0 Å². The van der Waals surface area contributed by atoms with Gasteiger partial charge in [-0.05, 0) is 30.2 Å². The lowest BCUT2D eigenvalue weighted by atomic mass is 10.1. The molecule has 1 aromatic carbocycles. The molecule has 0 amide bonds. The molecule has 5 heteroatoms. The SMILES string of the molecule is CC(C)C1CN=C(Nc2ccc(N3CCOCC3)cc2)S1. The van der Waals surface area contributed by atoms with E-state index in [-0.39, 0.29) is 0 Å². The molecule has 1 atom stereocenters. The number of nitrogens with zero attached hydrogens (tertiary/aromatic N) is 2. The summed E-state index contributed by atoms with van der Waals surface area (Å²) in [5, 5.41) is 5.09.